The van der Waals surface area contributed by atoms with E-state index in [1.165, 1.54) is 0 Å². The van der Waals surface area contributed by atoms with Crippen molar-refractivity contribution in [1.29, 1.82) is 0 Å². The number of hydrogen-bond donors (Lipinski definition) is 0. The molecule has 0 heterocycles. The maximum atomic E-state index is 12.9. The quantitative estimate of drug-likeness (QED) is 0.298. The number of hydrogen-bond acceptors (Lipinski definition) is 3. The van der Waals surface area contributed by atoms with Crippen LogP contribution in [0.4, 0.5) is 13.2 Å². The van der Waals surface area contributed by atoms with E-state index in [-0.39, 0.29) is 12.2 Å². The van der Waals surface area contributed by atoms with Gasteiger partial charge in [0.15, 0.2) is 0 Å². The van der Waals surface area contributed by atoms with E-state index in [0.29, 0.717) is 18.4 Å². The van der Waals surface area contributed by atoms with Gasteiger partial charge in [0, 0.05) is 12.0 Å². The Labute approximate surface area is 160 Å². The van der Waals surface area contributed by atoms with Crippen LogP contribution in [-0.4, -0.2) is 13.9 Å². The molecule has 0 fully saturated rings. The lowest BCUT2D eigenvalue weighted by Crippen LogP contribution is -2.26. The Balaban J connectivity index is 2.02. The maximum absolute atomic E-state index is 12.9. The zero-order valence-corrected chi connectivity index (χ0v) is 15.6. The first-order valence-electron chi connectivity index (χ1n) is 8.91. The first-order chi connectivity index (χ1) is 13.3. The predicted octanol–water partition coefficient (Wildman–Crippen LogP) is 6.14. The Hall–Kier alpha value is -2.54. The summed E-state index contributed by atoms with van der Waals surface area (Å²) in [5.41, 5.74) is -4.17. The van der Waals surface area contributed by atoms with Crippen molar-refractivity contribution < 1.29 is 25.8 Å². The predicted molar refractivity (Wildman–Crippen MR) is 103 cm³/mol. The van der Waals surface area contributed by atoms with Crippen molar-refractivity contribution in [3.8, 4) is 0 Å². The highest BCUT2D eigenvalue weighted by Gasteiger charge is 2.49. The third kappa shape index (κ3) is 3.24. The summed E-state index contributed by atoms with van der Waals surface area (Å²) in [6.45, 7) is 0. The molecule has 3 aromatic rings. The van der Waals surface area contributed by atoms with Crippen LogP contribution in [0, 0.1) is 0 Å². The van der Waals surface area contributed by atoms with Gasteiger partial charge in [-0.25, -0.2) is 0 Å². The summed E-state index contributed by atoms with van der Waals surface area (Å²) in [5, 5.41) is 3.60. The third-order valence-electron chi connectivity index (χ3n) is 4.98. The average molecular weight is 406 g/mol. The van der Waals surface area contributed by atoms with Gasteiger partial charge in [-0.3, -0.25) is 0 Å². The van der Waals surface area contributed by atoms with Gasteiger partial charge in [0.2, 0.25) is 0 Å². The Bertz CT molecular complexity index is 1140. The average Bonchev–Trinajstić information content (AvgIpc) is 2.65. The summed E-state index contributed by atoms with van der Waals surface area (Å²) in [5.74, 6) is -0.106. The Morgan fingerprint density at radius 1 is 0.821 bits per heavy atom. The molecule has 0 atom stereocenters. The number of fused-ring (bicyclic) bond motifs is 2. The Morgan fingerprint density at radius 3 is 1.93 bits per heavy atom. The van der Waals surface area contributed by atoms with Gasteiger partial charge in [-0.2, -0.15) is 21.6 Å². The van der Waals surface area contributed by atoms with E-state index in [2.05, 4.69) is 4.18 Å². The van der Waals surface area contributed by atoms with E-state index >= 15 is 0 Å². The third-order valence-corrected chi connectivity index (χ3v) is 5.97. The Morgan fingerprint density at radius 2 is 1.36 bits per heavy atom. The molecular formula is C21H17F3O3S. The van der Waals surface area contributed by atoms with Crippen LogP contribution in [0.25, 0.3) is 27.1 Å². The molecule has 1 aliphatic carbocycles. The van der Waals surface area contributed by atoms with Gasteiger partial charge in [-0.1, -0.05) is 48.5 Å². The van der Waals surface area contributed by atoms with Gasteiger partial charge >= 0.3 is 15.6 Å². The van der Waals surface area contributed by atoms with Crippen molar-refractivity contribution in [2.24, 2.45) is 0 Å². The molecule has 0 saturated heterocycles. The van der Waals surface area contributed by atoms with Crippen molar-refractivity contribution in [3.05, 3.63) is 65.9 Å². The zero-order chi connectivity index (χ0) is 19.9. The number of alkyl halides is 3. The fraction of sp³-hybridized carbons (Fsp3) is 0.238. The molecule has 0 N–H and O–H groups in total. The van der Waals surface area contributed by atoms with Crippen LogP contribution in [0.1, 0.15) is 31.2 Å². The molecule has 0 aromatic heterocycles. The molecule has 0 bridgehead atoms. The van der Waals surface area contributed by atoms with Crippen molar-refractivity contribution in [3.63, 3.8) is 0 Å². The number of benzene rings is 3. The van der Waals surface area contributed by atoms with Crippen molar-refractivity contribution in [1.82, 2.24) is 0 Å². The van der Waals surface area contributed by atoms with Gasteiger partial charge in [-0.05, 0) is 52.4 Å². The second-order valence-corrected chi connectivity index (χ2v) is 8.32. The molecule has 0 amide bonds. The lowest BCUT2D eigenvalue weighted by Gasteiger charge is -2.23. The summed E-state index contributed by atoms with van der Waals surface area (Å²) in [6.07, 6.45) is 1.95. The van der Waals surface area contributed by atoms with Crippen molar-refractivity contribution >= 4 is 37.2 Å². The molecule has 0 aliphatic heterocycles. The zero-order valence-electron chi connectivity index (χ0n) is 14.8. The van der Waals surface area contributed by atoms with Gasteiger partial charge in [-0.15, -0.1) is 0 Å². The molecular weight excluding hydrogens is 389 g/mol. The topological polar surface area (TPSA) is 43.4 Å². The molecule has 3 aromatic carbocycles. The number of allylic oxidation sites excluding steroid dienone is 2. The second kappa shape index (κ2) is 6.81. The van der Waals surface area contributed by atoms with E-state index in [9.17, 15) is 21.6 Å². The molecule has 146 valence electrons. The smallest absolute Gasteiger partial charge is 0.380 e. The molecule has 4 rings (SSSR count). The lowest BCUT2D eigenvalue weighted by molar-refractivity contribution is -0.0523. The van der Waals surface area contributed by atoms with E-state index in [4.69, 9.17) is 0 Å². The summed E-state index contributed by atoms with van der Waals surface area (Å²) < 4.78 is 66.6. The van der Waals surface area contributed by atoms with Crippen molar-refractivity contribution in [2.75, 3.05) is 0 Å². The molecule has 0 radical (unpaired) electrons. The molecule has 7 heteroatoms. The highest BCUT2D eigenvalue weighted by Crippen LogP contribution is 2.42. The minimum absolute atomic E-state index is 0.106. The summed E-state index contributed by atoms with van der Waals surface area (Å²) in [7, 11) is -5.70. The highest BCUT2D eigenvalue weighted by molar-refractivity contribution is 7.87. The largest absolute Gasteiger partial charge is 0.534 e. The van der Waals surface area contributed by atoms with Crippen LogP contribution in [0.15, 0.2) is 60.4 Å². The van der Waals surface area contributed by atoms with Gasteiger partial charge in [0.1, 0.15) is 5.76 Å². The van der Waals surface area contributed by atoms with E-state index < -0.39 is 15.6 Å². The SMILES string of the molecule is O=S(=O)(OC1=C(c2c3ccccc3cc3ccccc23)CCCC1)C(F)(F)F. The van der Waals surface area contributed by atoms with E-state index in [1.54, 1.807) is 0 Å². The molecule has 28 heavy (non-hydrogen) atoms. The summed E-state index contributed by atoms with van der Waals surface area (Å²) in [6, 6.07) is 17.2. The molecule has 0 unspecified atom stereocenters. The van der Waals surface area contributed by atoms with Crippen LogP contribution in [0.5, 0.6) is 0 Å². The standard InChI is InChI=1S/C21H17F3O3S/c22-21(23,24)28(25,26)27-19-12-6-5-11-18(19)20-16-9-3-1-7-14(16)13-15-8-2-4-10-17(15)20/h1-4,7-10,13H,5-6,11-12H2. The first kappa shape index (κ1) is 18.8. The first-order valence-corrected chi connectivity index (χ1v) is 10.3. The minimum atomic E-state index is -5.70. The molecule has 0 spiro atoms. The normalized spacial score (nSPS) is 16.0. The van der Waals surface area contributed by atoms with E-state index in [0.717, 1.165) is 33.5 Å². The van der Waals surface area contributed by atoms with Crippen LogP contribution in [0.3, 0.4) is 0 Å². The Kier molecular flexibility index (Phi) is 4.57. The number of halogens is 3. The van der Waals surface area contributed by atoms with Gasteiger partial charge in [0.05, 0.1) is 0 Å². The van der Waals surface area contributed by atoms with E-state index in [1.807, 2.05) is 54.6 Å². The lowest BCUT2D eigenvalue weighted by atomic mass is 9.86. The van der Waals surface area contributed by atoms with Crippen molar-refractivity contribution in [2.45, 2.75) is 31.2 Å². The monoisotopic (exact) mass is 406 g/mol. The summed E-state index contributed by atoms with van der Waals surface area (Å²) >= 11 is 0. The number of rotatable bonds is 3. The second-order valence-electron chi connectivity index (χ2n) is 6.79. The van der Waals surface area contributed by atoms with Crippen LogP contribution >= 0.6 is 0 Å². The molecule has 3 nitrogen and oxygen atoms in total. The van der Waals surface area contributed by atoms with Gasteiger partial charge in [0.25, 0.3) is 0 Å². The highest BCUT2D eigenvalue weighted by atomic mass is 32.2. The van der Waals surface area contributed by atoms with Gasteiger partial charge < -0.3 is 4.18 Å². The molecule has 0 saturated carbocycles. The fourth-order valence-electron chi connectivity index (χ4n) is 3.75. The van der Waals surface area contributed by atoms with Crippen LogP contribution in [0.2, 0.25) is 0 Å². The fourth-order valence-corrected chi connectivity index (χ4v) is 4.30. The maximum Gasteiger partial charge on any atom is 0.534 e. The minimum Gasteiger partial charge on any atom is -0.380 e. The van der Waals surface area contributed by atoms with Crippen LogP contribution in [-0.2, 0) is 14.3 Å². The summed E-state index contributed by atoms with van der Waals surface area (Å²) in [4.78, 5) is 0. The van der Waals surface area contributed by atoms with Crippen LogP contribution < -0.4 is 0 Å². The molecule has 1 aliphatic rings.